The lowest BCUT2D eigenvalue weighted by Crippen LogP contribution is -1.87. The summed E-state index contributed by atoms with van der Waals surface area (Å²) >= 11 is 4.99. The predicted octanol–water partition coefficient (Wildman–Crippen LogP) is 4.37. The summed E-state index contributed by atoms with van der Waals surface area (Å²) in [6, 6.07) is 6.76. The van der Waals surface area contributed by atoms with E-state index in [1.165, 1.54) is 6.07 Å². The van der Waals surface area contributed by atoms with Gasteiger partial charge in [-0.1, -0.05) is 38.2 Å². The molecule has 0 bridgehead atoms. The van der Waals surface area contributed by atoms with Gasteiger partial charge in [-0.15, -0.1) is 0 Å². The van der Waals surface area contributed by atoms with E-state index in [4.69, 9.17) is 12.2 Å². The van der Waals surface area contributed by atoms with Crippen LogP contribution in [-0.4, -0.2) is 4.98 Å². The number of rotatable bonds is 0. The monoisotopic (exact) mass is 223 g/mol. The Labute approximate surface area is 94.0 Å². The molecule has 2 rings (SSSR count). The van der Waals surface area contributed by atoms with E-state index in [1.807, 2.05) is 26.8 Å². The molecule has 0 spiro atoms. The van der Waals surface area contributed by atoms with Crippen LogP contribution < -0.4 is 0 Å². The lowest BCUT2D eigenvalue weighted by molar-refractivity contribution is 0.638. The maximum absolute atomic E-state index is 13.3. The fraction of sp³-hybridized carbons (Fsp3) is 0.250. The first-order valence-electron chi connectivity index (χ1n) is 4.96. The number of hydrogen-bond donors (Lipinski definition) is 1. The molecule has 1 N–H and O–H groups in total. The number of aromatic nitrogens is 1. The first kappa shape index (κ1) is 11.9. The van der Waals surface area contributed by atoms with Crippen LogP contribution in [0.1, 0.15) is 19.5 Å². The van der Waals surface area contributed by atoms with Crippen molar-refractivity contribution in [3.63, 3.8) is 0 Å². The molecular weight excluding hydrogens is 209 g/mol. The third-order valence-corrected chi connectivity index (χ3v) is 2.24. The largest absolute Gasteiger partial charge is 0.350 e. The molecule has 15 heavy (non-hydrogen) atoms. The van der Waals surface area contributed by atoms with Gasteiger partial charge in [0.05, 0.1) is 0 Å². The van der Waals surface area contributed by atoms with Gasteiger partial charge in [0, 0.05) is 11.1 Å². The number of benzene rings is 1. The quantitative estimate of drug-likeness (QED) is 0.656. The number of H-pyrrole nitrogens is 1. The van der Waals surface area contributed by atoms with Crippen molar-refractivity contribution < 1.29 is 4.39 Å². The van der Waals surface area contributed by atoms with Crippen molar-refractivity contribution in [2.45, 2.75) is 20.8 Å². The maximum Gasteiger partial charge on any atom is 0.132 e. The highest BCUT2D eigenvalue weighted by atomic mass is 32.1. The predicted molar refractivity (Wildman–Crippen MR) is 65.2 cm³/mol. The molecule has 0 atom stereocenters. The van der Waals surface area contributed by atoms with Crippen LogP contribution in [0.2, 0.25) is 0 Å². The van der Waals surface area contributed by atoms with Gasteiger partial charge in [0.15, 0.2) is 0 Å². The number of hydrogen-bond acceptors (Lipinski definition) is 1. The number of pyridine rings is 1. The Balaban J connectivity index is 0.000000531. The Bertz CT molecular complexity index is 517. The summed E-state index contributed by atoms with van der Waals surface area (Å²) in [4.78, 5) is 2.93. The highest BCUT2D eigenvalue weighted by molar-refractivity contribution is 7.71. The zero-order valence-corrected chi connectivity index (χ0v) is 9.91. The van der Waals surface area contributed by atoms with Crippen LogP contribution >= 0.6 is 12.2 Å². The van der Waals surface area contributed by atoms with Gasteiger partial charge in [-0.2, -0.15) is 0 Å². The highest BCUT2D eigenvalue weighted by Gasteiger charge is 2.02. The van der Waals surface area contributed by atoms with Gasteiger partial charge in [-0.05, 0) is 24.4 Å². The average Bonchev–Trinajstić information content (AvgIpc) is 2.19. The zero-order valence-electron chi connectivity index (χ0n) is 9.10. The molecule has 0 radical (unpaired) electrons. The molecule has 0 aliphatic rings. The molecule has 0 aliphatic heterocycles. The van der Waals surface area contributed by atoms with Gasteiger partial charge in [-0.3, -0.25) is 0 Å². The van der Waals surface area contributed by atoms with Crippen LogP contribution in [0.4, 0.5) is 4.39 Å². The molecule has 0 amide bonds. The molecule has 80 valence electrons. The highest BCUT2D eigenvalue weighted by Crippen LogP contribution is 2.19. The van der Waals surface area contributed by atoms with E-state index in [-0.39, 0.29) is 5.82 Å². The van der Waals surface area contributed by atoms with Crippen molar-refractivity contribution in [3.05, 3.63) is 40.4 Å². The Morgan fingerprint density at radius 2 is 1.93 bits per heavy atom. The van der Waals surface area contributed by atoms with Crippen molar-refractivity contribution in [2.24, 2.45) is 0 Å². The first-order chi connectivity index (χ1) is 7.18. The lowest BCUT2D eigenvalue weighted by Gasteiger charge is -2.02. The Kier molecular flexibility index (Phi) is 3.97. The third kappa shape index (κ3) is 2.42. The third-order valence-electron chi connectivity index (χ3n) is 2.02. The standard InChI is InChI=1S/C10H8FNS.C2H6/c1-6-10-7(5-9(13)12-6)3-2-4-8(10)11;1-2/h2-5H,1H3,(H,12,13);1-2H3. The van der Waals surface area contributed by atoms with Crippen molar-refractivity contribution in [2.75, 3.05) is 0 Å². The summed E-state index contributed by atoms with van der Waals surface area (Å²) in [5.41, 5.74) is 0.778. The minimum Gasteiger partial charge on any atom is -0.350 e. The lowest BCUT2D eigenvalue weighted by atomic mass is 10.1. The Morgan fingerprint density at radius 3 is 2.60 bits per heavy atom. The van der Waals surface area contributed by atoms with E-state index in [0.717, 1.165) is 11.1 Å². The van der Waals surface area contributed by atoms with Gasteiger partial charge in [-0.25, -0.2) is 4.39 Å². The molecule has 1 aromatic heterocycles. The van der Waals surface area contributed by atoms with Crippen LogP contribution in [0.25, 0.3) is 10.8 Å². The van der Waals surface area contributed by atoms with Crippen molar-refractivity contribution in [3.8, 4) is 0 Å². The van der Waals surface area contributed by atoms with Crippen LogP contribution in [0, 0.1) is 17.4 Å². The van der Waals surface area contributed by atoms with Gasteiger partial charge < -0.3 is 4.98 Å². The number of halogens is 1. The molecule has 2 aromatic rings. The molecule has 0 saturated carbocycles. The Hall–Kier alpha value is -1.22. The molecule has 1 nitrogen and oxygen atoms in total. The molecule has 0 aliphatic carbocycles. The summed E-state index contributed by atoms with van der Waals surface area (Å²) < 4.78 is 14.0. The fourth-order valence-corrected chi connectivity index (χ4v) is 1.76. The van der Waals surface area contributed by atoms with E-state index in [9.17, 15) is 4.39 Å². The van der Waals surface area contributed by atoms with Gasteiger partial charge in [0.1, 0.15) is 10.5 Å². The first-order valence-corrected chi connectivity index (χ1v) is 5.37. The number of fused-ring (bicyclic) bond motifs is 1. The maximum atomic E-state index is 13.3. The summed E-state index contributed by atoms with van der Waals surface area (Å²) in [5.74, 6) is -0.207. The second-order valence-corrected chi connectivity index (χ2v) is 3.40. The van der Waals surface area contributed by atoms with Gasteiger partial charge in [0.2, 0.25) is 0 Å². The number of aryl methyl sites for hydroxylation is 1. The summed E-state index contributed by atoms with van der Waals surface area (Å²) in [7, 11) is 0. The summed E-state index contributed by atoms with van der Waals surface area (Å²) in [6.45, 7) is 5.82. The minimum absolute atomic E-state index is 0.207. The minimum atomic E-state index is -0.207. The smallest absolute Gasteiger partial charge is 0.132 e. The molecule has 0 saturated heterocycles. The summed E-state index contributed by atoms with van der Waals surface area (Å²) in [6.07, 6.45) is 0. The molecule has 1 heterocycles. The number of nitrogens with one attached hydrogen (secondary N) is 1. The summed E-state index contributed by atoms with van der Waals surface area (Å²) in [5, 5.41) is 1.47. The van der Waals surface area contributed by atoms with Gasteiger partial charge >= 0.3 is 0 Å². The van der Waals surface area contributed by atoms with E-state index < -0.39 is 0 Å². The normalized spacial score (nSPS) is 9.60. The van der Waals surface area contributed by atoms with E-state index in [0.29, 0.717) is 10.0 Å². The topological polar surface area (TPSA) is 15.8 Å². The van der Waals surface area contributed by atoms with E-state index >= 15 is 0 Å². The second-order valence-electron chi connectivity index (χ2n) is 2.96. The van der Waals surface area contributed by atoms with Crippen LogP contribution in [0.5, 0.6) is 0 Å². The SMILES string of the molecule is CC.Cc1[nH]c(=S)cc2cccc(F)c12. The van der Waals surface area contributed by atoms with Crippen LogP contribution in [0.15, 0.2) is 24.3 Å². The molecular formula is C12H14FNS. The molecule has 0 fully saturated rings. The van der Waals surface area contributed by atoms with Crippen LogP contribution in [0.3, 0.4) is 0 Å². The Morgan fingerprint density at radius 1 is 1.27 bits per heavy atom. The fourth-order valence-electron chi connectivity index (χ4n) is 1.48. The molecule has 3 heteroatoms. The zero-order chi connectivity index (χ0) is 11.4. The average molecular weight is 223 g/mol. The van der Waals surface area contributed by atoms with Crippen molar-refractivity contribution in [1.29, 1.82) is 0 Å². The van der Waals surface area contributed by atoms with Crippen molar-refractivity contribution >= 4 is 23.0 Å². The van der Waals surface area contributed by atoms with Gasteiger partial charge in [0.25, 0.3) is 0 Å². The molecule has 0 unspecified atom stereocenters. The van der Waals surface area contributed by atoms with Crippen LogP contribution in [-0.2, 0) is 0 Å². The van der Waals surface area contributed by atoms with E-state index in [1.54, 1.807) is 12.1 Å². The van der Waals surface area contributed by atoms with Crippen molar-refractivity contribution in [1.82, 2.24) is 4.98 Å². The number of aromatic amines is 1. The van der Waals surface area contributed by atoms with E-state index in [2.05, 4.69) is 4.98 Å². The molecule has 1 aromatic carbocycles. The second kappa shape index (κ2) is 5.03.